The van der Waals surface area contributed by atoms with E-state index in [-0.39, 0.29) is 5.91 Å². The number of amides is 1. The molecule has 0 N–H and O–H groups in total. The number of thioether (sulfide) groups is 1. The van der Waals surface area contributed by atoms with Gasteiger partial charge in [-0.3, -0.25) is 4.79 Å². The average Bonchev–Trinajstić information content (AvgIpc) is 3.08. The Morgan fingerprint density at radius 2 is 2.05 bits per heavy atom. The van der Waals surface area contributed by atoms with E-state index in [9.17, 15) is 4.79 Å². The number of hydrogen-bond donors (Lipinski definition) is 0. The van der Waals surface area contributed by atoms with Crippen LogP contribution in [0.3, 0.4) is 0 Å². The average molecular weight is 296 g/mol. The minimum atomic E-state index is 0.155. The topological polar surface area (TPSA) is 33.2 Å². The highest BCUT2D eigenvalue weighted by Gasteiger charge is 2.23. The van der Waals surface area contributed by atoms with Crippen LogP contribution in [-0.2, 0) is 4.79 Å². The summed E-state index contributed by atoms with van der Waals surface area (Å²) in [6, 6.07) is 5.67. The third-order valence-electron chi connectivity index (χ3n) is 3.41. The van der Waals surface area contributed by atoms with Gasteiger partial charge in [-0.15, -0.1) is 0 Å². The van der Waals surface area contributed by atoms with Crippen LogP contribution >= 0.6 is 11.8 Å². The van der Waals surface area contributed by atoms with Crippen molar-refractivity contribution in [1.82, 2.24) is 9.88 Å². The third kappa shape index (κ3) is 3.56. The van der Waals surface area contributed by atoms with Crippen LogP contribution in [0.25, 0.3) is 0 Å². The van der Waals surface area contributed by atoms with Crippen LogP contribution in [0.15, 0.2) is 46.4 Å². The first-order valence-corrected chi connectivity index (χ1v) is 7.95. The van der Waals surface area contributed by atoms with Crippen molar-refractivity contribution in [2.75, 3.05) is 13.1 Å². The summed E-state index contributed by atoms with van der Waals surface area (Å²) in [5, 5.41) is 0. The molecule has 0 bridgehead atoms. The van der Waals surface area contributed by atoms with Gasteiger partial charge in [-0.1, -0.05) is 35.9 Å². The Labute approximate surface area is 129 Å². The van der Waals surface area contributed by atoms with Crippen LogP contribution in [0.1, 0.15) is 25.0 Å². The summed E-state index contributed by atoms with van der Waals surface area (Å²) in [6.07, 6.45) is 8.79. The van der Waals surface area contributed by atoms with Gasteiger partial charge in [-0.25, -0.2) is 4.98 Å². The summed E-state index contributed by atoms with van der Waals surface area (Å²) in [4.78, 5) is 20.2. The van der Waals surface area contributed by atoms with Crippen molar-refractivity contribution in [2.45, 2.75) is 19.3 Å². The zero-order valence-electron chi connectivity index (χ0n) is 11.7. The van der Waals surface area contributed by atoms with Crippen molar-refractivity contribution in [1.29, 1.82) is 0 Å². The van der Waals surface area contributed by atoms with Crippen molar-refractivity contribution in [3.05, 3.63) is 52.1 Å². The van der Waals surface area contributed by atoms with E-state index in [1.807, 2.05) is 29.2 Å². The largest absolute Gasteiger partial charge is 0.338 e. The molecule has 0 spiro atoms. The summed E-state index contributed by atoms with van der Waals surface area (Å²) in [5.41, 5.74) is 0.751. The molecule has 0 aromatic carbocycles. The maximum atomic E-state index is 12.4. The van der Waals surface area contributed by atoms with E-state index in [0.29, 0.717) is 0 Å². The third-order valence-corrected chi connectivity index (χ3v) is 4.46. The smallest absolute Gasteiger partial charge is 0.260 e. The Kier molecular flexibility index (Phi) is 4.42. The fraction of sp³-hybridized carbons (Fsp3) is 0.294. The lowest BCUT2D eigenvalue weighted by Crippen LogP contribution is -2.28. The van der Waals surface area contributed by atoms with Crippen LogP contribution in [0.4, 0.5) is 0 Å². The first-order valence-electron chi connectivity index (χ1n) is 7.13. The van der Waals surface area contributed by atoms with Gasteiger partial charge in [0, 0.05) is 19.3 Å². The minimum Gasteiger partial charge on any atom is -0.338 e. The number of hydrogen-bond acceptors (Lipinski definition) is 3. The SMILES string of the molecule is O=C(C1=CCC=C(C#Cc2ccccn2)S1)N1CCCC1. The first-order chi connectivity index (χ1) is 10.3. The molecule has 106 valence electrons. The highest BCUT2D eigenvalue weighted by molar-refractivity contribution is 8.07. The zero-order chi connectivity index (χ0) is 14.5. The van der Waals surface area contributed by atoms with Crippen LogP contribution in [-0.4, -0.2) is 28.9 Å². The van der Waals surface area contributed by atoms with Gasteiger partial charge >= 0.3 is 0 Å². The highest BCUT2D eigenvalue weighted by atomic mass is 32.2. The Balaban J connectivity index is 1.66. The summed E-state index contributed by atoms with van der Waals surface area (Å²) in [5.74, 6) is 6.31. The van der Waals surface area contributed by atoms with Gasteiger partial charge in [0.1, 0.15) is 5.69 Å². The molecule has 1 aromatic rings. The van der Waals surface area contributed by atoms with E-state index in [1.54, 1.807) is 6.20 Å². The van der Waals surface area contributed by atoms with Gasteiger partial charge in [0.2, 0.25) is 0 Å². The Morgan fingerprint density at radius 3 is 2.81 bits per heavy atom. The second kappa shape index (κ2) is 6.64. The van der Waals surface area contributed by atoms with Gasteiger partial charge in [0.25, 0.3) is 5.91 Å². The van der Waals surface area contributed by atoms with Crippen molar-refractivity contribution in [3.8, 4) is 11.8 Å². The highest BCUT2D eigenvalue weighted by Crippen LogP contribution is 2.32. The van der Waals surface area contributed by atoms with E-state index >= 15 is 0 Å². The predicted molar refractivity (Wildman–Crippen MR) is 85.3 cm³/mol. The number of rotatable bonds is 1. The van der Waals surface area contributed by atoms with Crippen LogP contribution in [0.2, 0.25) is 0 Å². The quantitative estimate of drug-likeness (QED) is 0.747. The van der Waals surface area contributed by atoms with Gasteiger partial charge in [0.15, 0.2) is 0 Å². The van der Waals surface area contributed by atoms with Gasteiger partial charge in [-0.05, 0) is 37.3 Å². The Morgan fingerprint density at radius 1 is 1.19 bits per heavy atom. The monoisotopic (exact) mass is 296 g/mol. The Hall–Kier alpha value is -1.99. The molecule has 1 fully saturated rings. The lowest BCUT2D eigenvalue weighted by molar-refractivity contribution is -0.125. The van der Waals surface area contributed by atoms with Crippen molar-refractivity contribution < 1.29 is 4.79 Å². The molecule has 3 heterocycles. The van der Waals surface area contributed by atoms with Crippen LogP contribution < -0.4 is 0 Å². The first kappa shape index (κ1) is 14.0. The standard InChI is InChI=1S/C17H16N2OS/c20-17(19-12-3-4-13-19)16-8-5-7-15(21-16)10-9-14-6-1-2-11-18-14/h1-2,6-8,11H,3-5,12-13H2. The summed E-state index contributed by atoms with van der Waals surface area (Å²) < 4.78 is 0. The second-order valence-electron chi connectivity index (χ2n) is 4.94. The molecule has 2 aliphatic rings. The number of pyridine rings is 1. The van der Waals surface area contributed by atoms with E-state index in [4.69, 9.17) is 0 Å². The molecule has 1 saturated heterocycles. The summed E-state index contributed by atoms with van der Waals surface area (Å²) in [7, 11) is 0. The van der Waals surface area contributed by atoms with E-state index in [0.717, 1.165) is 47.9 Å². The van der Waals surface area contributed by atoms with Crippen LogP contribution in [0, 0.1) is 11.8 Å². The molecule has 0 aliphatic carbocycles. The number of allylic oxidation sites excluding steroid dienone is 3. The molecule has 0 saturated carbocycles. The molecule has 1 amide bonds. The predicted octanol–water partition coefficient (Wildman–Crippen LogP) is 2.96. The Bertz CT molecular complexity index is 646. The number of aromatic nitrogens is 1. The molecule has 4 heteroatoms. The number of carbonyl (C=O) groups is 1. The fourth-order valence-corrected chi connectivity index (χ4v) is 3.24. The van der Waals surface area contributed by atoms with Crippen molar-refractivity contribution >= 4 is 17.7 Å². The second-order valence-corrected chi connectivity index (χ2v) is 6.02. The molecule has 21 heavy (non-hydrogen) atoms. The molecule has 0 atom stereocenters. The van der Waals surface area contributed by atoms with E-state index in [2.05, 4.69) is 22.9 Å². The molecule has 3 rings (SSSR count). The number of likely N-dealkylation sites (tertiary alicyclic amines) is 1. The lowest BCUT2D eigenvalue weighted by atomic mass is 10.3. The summed E-state index contributed by atoms with van der Waals surface area (Å²) in [6.45, 7) is 1.77. The maximum Gasteiger partial charge on any atom is 0.260 e. The van der Waals surface area contributed by atoms with Crippen molar-refractivity contribution in [2.24, 2.45) is 0 Å². The lowest BCUT2D eigenvalue weighted by Gasteiger charge is -2.18. The van der Waals surface area contributed by atoms with E-state index in [1.165, 1.54) is 11.8 Å². The number of nitrogens with zero attached hydrogens (tertiary/aromatic N) is 2. The van der Waals surface area contributed by atoms with E-state index < -0.39 is 0 Å². The van der Waals surface area contributed by atoms with Gasteiger partial charge in [0.05, 0.1) is 9.81 Å². The molecule has 0 unspecified atom stereocenters. The van der Waals surface area contributed by atoms with Crippen molar-refractivity contribution in [3.63, 3.8) is 0 Å². The van der Waals surface area contributed by atoms with Gasteiger partial charge in [-0.2, -0.15) is 0 Å². The zero-order valence-corrected chi connectivity index (χ0v) is 12.5. The minimum absolute atomic E-state index is 0.155. The summed E-state index contributed by atoms with van der Waals surface area (Å²) >= 11 is 1.48. The maximum absolute atomic E-state index is 12.4. The molecular formula is C17H16N2OS. The molecule has 2 aliphatic heterocycles. The molecule has 0 radical (unpaired) electrons. The normalized spacial score (nSPS) is 17.6. The fourth-order valence-electron chi connectivity index (χ4n) is 2.32. The molecular weight excluding hydrogens is 280 g/mol. The van der Waals surface area contributed by atoms with Gasteiger partial charge < -0.3 is 4.90 Å². The number of carbonyl (C=O) groups excluding carboxylic acids is 1. The molecule has 3 nitrogen and oxygen atoms in total. The molecule has 1 aromatic heterocycles. The van der Waals surface area contributed by atoms with Crippen LogP contribution in [0.5, 0.6) is 0 Å².